The number of ether oxygens (including phenoxy) is 4. The zero-order valence-electron chi connectivity index (χ0n) is 46.0. The monoisotopic (exact) mass is 1180 g/mol. The van der Waals surface area contributed by atoms with Gasteiger partial charge in [0.15, 0.2) is 11.2 Å². The maximum atomic E-state index is 12.9. The molecule has 2 aromatic carbocycles. The van der Waals surface area contributed by atoms with E-state index in [4.69, 9.17) is 30.4 Å². The summed E-state index contributed by atoms with van der Waals surface area (Å²) in [6, 6.07) is 11.7. The van der Waals surface area contributed by atoms with E-state index in [2.05, 4.69) is 82.5 Å². The van der Waals surface area contributed by atoms with Gasteiger partial charge in [-0.3, -0.25) is 24.2 Å². The minimum absolute atomic E-state index is 0.0303. The fourth-order valence-corrected chi connectivity index (χ4v) is 10.3. The molecule has 13 N–H and O–H groups in total. The number of nitrogens with one attached hydrogen (secondary N) is 7. The predicted molar refractivity (Wildman–Crippen MR) is 312 cm³/mol. The fourth-order valence-electron chi connectivity index (χ4n) is 8.35. The first-order valence-electron chi connectivity index (χ1n) is 26.7. The summed E-state index contributed by atoms with van der Waals surface area (Å²) in [7, 11) is 2.57. The number of aromatic amines is 1. The number of aliphatic carboxylic acids is 2. The van der Waals surface area contributed by atoms with Crippen LogP contribution in [0, 0.1) is 5.41 Å². The van der Waals surface area contributed by atoms with E-state index in [9.17, 15) is 43.8 Å². The van der Waals surface area contributed by atoms with Crippen molar-refractivity contribution in [3.63, 3.8) is 0 Å². The molecule has 3 atom stereocenters. The van der Waals surface area contributed by atoms with Gasteiger partial charge >= 0.3 is 18.0 Å². The summed E-state index contributed by atoms with van der Waals surface area (Å²) in [6.07, 6.45) is 3.54. The number of carbonyl (C=O) groups excluding carboxylic acids is 4. The van der Waals surface area contributed by atoms with Gasteiger partial charge in [0.1, 0.15) is 30.2 Å². The Morgan fingerprint density at radius 2 is 1.55 bits per heavy atom. The molecule has 6 rings (SSSR count). The Kier molecular flexibility index (Phi) is 24.8. The van der Waals surface area contributed by atoms with Crippen molar-refractivity contribution in [2.24, 2.45) is 5.41 Å². The number of hydrogen-bond donors (Lipinski definition) is 11. The first-order chi connectivity index (χ1) is 39.4. The van der Waals surface area contributed by atoms with Gasteiger partial charge in [0, 0.05) is 60.6 Å². The number of nitrogen functional groups attached to an aromatic ring is 2. The number of pyridine rings is 1. The maximum Gasteiger partial charge on any atom is 0.407 e. The molecule has 4 heterocycles. The number of alkyl carbamates (subject to hydrolysis) is 1. The van der Waals surface area contributed by atoms with Crippen LogP contribution in [0.25, 0.3) is 22.1 Å². The van der Waals surface area contributed by atoms with Gasteiger partial charge in [0.25, 0.3) is 11.5 Å². The summed E-state index contributed by atoms with van der Waals surface area (Å²) in [6.45, 7) is 8.81. The van der Waals surface area contributed by atoms with Gasteiger partial charge in [0.05, 0.1) is 75.4 Å². The highest BCUT2D eigenvalue weighted by atomic mass is 33.1. The van der Waals surface area contributed by atoms with Crippen molar-refractivity contribution >= 4 is 108 Å². The summed E-state index contributed by atoms with van der Waals surface area (Å²) in [5, 5.41) is 37.6. The van der Waals surface area contributed by atoms with E-state index in [-0.39, 0.29) is 119 Å². The van der Waals surface area contributed by atoms with Crippen LogP contribution in [-0.4, -0.2) is 167 Å². The highest BCUT2D eigenvalue weighted by Crippen LogP contribution is 2.45. The highest BCUT2D eigenvalue weighted by molar-refractivity contribution is 8.76. The Bertz CT molecular complexity index is 3030. The van der Waals surface area contributed by atoms with Crippen molar-refractivity contribution < 1.29 is 57.9 Å². The number of H-pyrrole nitrogens is 1. The number of rotatable bonds is 36. The van der Waals surface area contributed by atoms with Gasteiger partial charge in [0.2, 0.25) is 17.8 Å². The Morgan fingerprint density at radius 3 is 2.28 bits per heavy atom. The molecule has 0 aliphatic carbocycles. The van der Waals surface area contributed by atoms with Crippen LogP contribution >= 0.6 is 21.6 Å². The number of aromatic nitrogens is 5. The van der Waals surface area contributed by atoms with Crippen LogP contribution in [-0.2, 0) is 44.7 Å². The molecular weight excluding hydrogens is 1100 g/mol. The molecular formula is C53H72N14O13S2. The van der Waals surface area contributed by atoms with Crippen LogP contribution < -0.4 is 53.8 Å². The summed E-state index contributed by atoms with van der Waals surface area (Å²) in [5.41, 5.74) is 15.2. The first kappa shape index (κ1) is 63.5. The molecule has 2 unspecified atom stereocenters. The lowest BCUT2D eigenvalue weighted by molar-refractivity contribution is -0.141. The van der Waals surface area contributed by atoms with E-state index < -0.39 is 53.4 Å². The number of carboxylic acids is 2. The maximum absolute atomic E-state index is 12.9. The number of para-hydroxylation sites is 1. The molecule has 29 heteroatoms. The number of amides is 4. The molecule has 0 saturated carbocycles. The molecule has 444 valence electrons. The van der Waals surface area contributed by atoms with Crippen LogP contribution in [0.2, 0.25) is 0 Å². The van der Waals surface area contributed by atoms with Crippen molar-refractivity contribution in [1.29, 1.82) is 0 Å². The van der Waals surface area contributed by atoms with Crippen molar-refractivity contribution in [2.45, 2.75) is 84.1 Å². The van der Waals surface area contributed by atoms with Gasteiger partial charge in [-0.05, 0) is 55.0 Å². The molecule has 5 aromatic rings. The zero-order chi connectivity index (χ0) is 59.0. The van der Waals surface area contributed by atoms with E-state index in [0.717, 1.165) is 41.5 Å². The lowest BCUT2D eigenvalue weighted by Gasteiger charge is -2.35. The lowest BCUT2D eigenvalue weighted by atomic mass is 9.92. The molecule has 0 bridgehead atoms. The summed E-state index contributed by atoms with van der Waals surface area (Å²) in [5.74, 6) is -3.16. The van der Waals surface area contributed by atoms with Gasteiger partial charge in [-0.15, -0.1) is 0 Å². The number of fused-ring (bicyclic) bond motifs is 4. The normalized spacial score (nSPS) is 13.6. The van der Waals surface area contributed by atoms with Crippen molar-refractivity contribution in [1.82, 2.24) is 46.2 Å². The molecule has 4 amide bonds. The number of hydrogen-bond acceptors (Lipinski definition) is 22. The molecule has 82 heavy (non-hydrogen) atoms. The van der Waals surface area contributed by atoms with Crippen molar-refractivity contribution in [3.8, 4) is 0 Å². The third-order valence-corrected chi connectivity index (χ3v) is 14.9. The Hall–Kier alpha value is -7.73. The van der Waals surface area contributed by atoms with Gasteiger partial charge in [-0.25, -0.2) is 29.3 Å². The molecule has 0 saturated heterocycles. The summed E-state index contributed by atoms with van der Waals surface area (Å²) in [4.78, 5) is 108. The van der Waals surface area contributed by atoms with Gasteiger partial charge in [-0.1, -0.05) is 67.0 Å². The highest BCUT2D eigenvalue weighted by Gasteiger charge is 2.36. The number of nitrogens with two attached hydrogens (primary N) is 2. The van der Waals surface area contributed by atoms with Gasteiger partial charge < -0.3 is 77.4 Å². The molecule has 0 radical (unpaired) electrons. The number of unbranched alkanes of at least 4 members (excludes halogenated alkanes) is 1. The molecule has 1 aliphatic rings. The van der Waals surface area contributed by atoms with E-state index in [1.807, 2.05) is 24.3 Å². The topological polar surface area (TPSA) is 392 Å². The zero-order valence-corrected chi connectivity index (χ0v) is 47.6. The van der Waals surface area contributed by atoms with Crippen LogP contribution in [0.1, 0.15) is 75.3 Å². The molecule has 0 spiro atoms. The van der Waals surface area contributed by atoms with Crippen molar-refractivity contribution in [3.05, 3.63) is 76.3 Å². The number of carbonyl (C=O) groups is 6. The second-order valence-corrected chi connectivity index (χ2v) is 22.3. The summed E-state index contributed by atoms with van der Waals surface area (Å²) < 4.78 is 21.8. The van der Waals surface area contributed by atoms with E-state index in [1.165, 1.54) is 39.9 Å². The van der Waals surface area contributed by atoms with E-state index >= 15 is 0 Å². The standard InChI is InChI=1S/C53H72N14O13S2/c1-4-5-10-39-64-42-44(35-8-6-7-9-36(35)62-45(42)54)67(39)31-53(2,3)30-59-52(76)80-25-26-81-82-29-38(50(74)75)61-41(69)17-19-77-21-23-79-24-22-78-20-18-56-40(68)16-15-37(49(72)73)63-47(70)32-11-13-33(14-12-32)57-27-34-28-58-46-43(60-34)48(71)66-51(55)65-46/h6-9,11-14,28,37-39,57,64H,4-5,10,15-27,29-31H2,1-3H3,(H2,54,62)(H,56,68)(H,59,76)(H,61,69)(H,63,70)(H,72,73)(H,74,75)(H3,55,58,65,66,71)/t37-,38?,39?/m0/s1. The minimum Gasteiger partial charge on any atom is -0.480 e. The average Bonchev–Trinajstić information content (AvgIpc) is 3.81. The Morgan fingerprint density at radius 1 is 0.829 bits per heavy atom. The number of anilines is 5. The Labute approximate surface area is 480 Å². The third-order valence-electron chi connectivity index (χ3n) is 12.5. The minimum atomic E-state index is -1.32. The number of nitrogens with zero attached hydrogens (tertiary/aromatic N) is 5. The summed E-state index contributed by atoms with van der Waals surface area (Å²) >= 11 is 0. The van der Waals surface area contributed by atoms with Crippen LogP contribution in [0.3, 0.4) is 0 Å². The lowest BCUT2D eigenvalue weighted by Crippen LogP contribution is -2.46. The third kappa shape index (κ3) is 20.1. The largest absolute Gasteiger partial charge is 0.480 e. The first-order valence-corrected chi connectivity index (χ1v) is 29.2. The van der Waals surface area contributed by atoms with E-state index in [0.29, 0.717) is 36.0 Å². The van der Waals surface area contributed by atoms with E-state index in [1.54, 1.807) is 12.1 Å². The second kappa shape index (κ2) is 32.1. The second-order valence-electron chi connectivity index (χ2n) is 19.6. The molecule has 1 aliphatic heterocycles. The van der Waals surface area contributed by atoms with Crippen LogP contribution in [0.5, 0.6) is 0 Å². The molecule has 0 fully saturated rings. The molecule has 3 aromatic heterocycles. The quantitative estimate of drug-likeness (QED) is 0.0201. The molecule has 27 nitrogen and oxygen atoms in total. The smallest absolute Gasteiger partial charge is 0.407 e. The average molecular weight is 1180 g/mol. The Balaban J connectivity index is 0.740. The van der Waals surface area contributed by atoms with Crippen LogP contribution in [0.15, 0.2) is 59.5 Å². The fraction of sp³-hybridized carbons (Fsp3) is 0.491. The number of carboxylic acid groups (broad SMARTS) is 2. The SMILES string of the molecule is CCCCC1Nc2c(N)nc3ccccc3c2N1CC(C)(C)CNC(=O)OCCSSCC(NC(=O)CCOCCOCCOCCNC(=O)CC[C@H](NC(=O)c1ccc(NCc2cnc3nc(N)[nH]c(=O)c3n2)cc1)C(=O)O)C(=O)O. The van der Waals surface area contributed by atoms with Crippen molar-refractivity contribution in [2.75, 3.05) is 104 Å². The van der Waals surface area contributed by atoms with Crippen LogP contribution in [0.4, 0.5) is 33.6 Å². The van der Waals surface area contributed by atoms with Gasteiger partial charge in [-0.2, -0.15) is 4.98 Å². The predicted octanol–water partition coefficient (Wildman–Crippen LogP) is 3.71. The number of benzene rings is 2.